The number of aliphatic hydroxyl groups is 1. The van der Waals surface area contributed by atoms with Crippen LogP contribution in [0.2, 0.25) is 0 Å². The Bertz CT molecular complexity index is 705. The monoisotopic (exact) mass is 337 g/mol. The third-order valence-corrected chi connectivity index (χ3v) is 3.76. The Labute approximate surface area is 140 Å². The number of benzene rings is 2. The summed E-state index contributed by atoms with van der Waals surface area (Å²) in [5.74, 6) is -0.215. The summed E-state index contributed by atoms with van der Waals surface area (Å²) in [5, 5.41) is 13.5. The Hall–Kier alpha value is -2.18. The van der Waals surface area contributed by atoms with E-state index < -0.39 is 17.2 Å². The average molecular weight is 337 g/mol. The van der Waals surface area contributed by atoms with Crippen molar-refractivity contribution < 1.29 is 23.4 Å². The topological polar surface area (TPSA) is 50.7 Å². The fourth-order valence-electron chi connectivity index (χ4n) is 2.46. The number of hydrogen-bond acceptors (Lipinski definition) is 4. The van der Waals surface area contributed by atoms with Gasteiger partial charge in [0.1, 0.15) is 17.2 Å². The Morgan fingerprint density at radius 3 is 2.38 bits per heavy atom. The molecule has 0 bridgehead atoms. The minimum atomic E-state index is -1.46. The predicted molar refractivity (Wildman–Crippen MR) is 87.2 cm³/mol. The van der Waals surface area contributed by atoms with Crippen LogP contribution in [-0.4, -0.2) is 25.9 Å². The van der Waals surface area contributed by atoms with Crippen LogP contribution in [0.25, 0.3) is 0 Å². The number of nitrogens with one attached hydrogen (secondary N) is 1. The molecule has 0 aliphatic rings. The Morgan fingerprint density at radius 1 is 1.04 bits per heavy atom. The van der Waals surface area contributed by atoms with E-state index in [4.69, 9.17) is 9.47 Å². The van der Waals surface area contributed by atoms with E-state index in [0.717, 1.165) is 17.7 Å². The minimum Gasteiger partial charge on any atom is -0.493 e. The highest BCUT2D eigenvalue weighted by atomic mass is 19.1. The smallest absolute Gasteiger partial charge is 0.161 e. The Morgan fingerprint density at radius 2 is 1.75 bits per heavy atom. The van der Waals surface area contributed by atoms with Crippen LogP contribution >= 0.6 is 0 Å². The molecule has 1 atom stereocenters. The molecule has 2 aromatic rings. The van der Waals surface area contributed by atoms with E-state index in [0.29, 0.717) is 18.0 Å². The molecule has 4 nitrogen and oxygen atoms in total. The standard InChI is InChI=1S/C18H21F2NO3/c1-18(22,14-6-5-13(19)9-15(14)20)11-21-10-12-4-7-16(23-2)17(8-12)24-3/h4-9,21-22H,10-11H2,1-3H3. The second-order valence-corrected chi connectivity index (χ2v) is 5.69. The highest BCUT2D eigenvalue weighted by Gasteiger charge is 2.26. The molecule has 0 aliphatic carbocycles. The van der Waals surface area contributed by atoms with E-state index in [9.17, 15) is 13.9 Å². The fraction of sp³-hybridized carbons (Fsp3) is 0.333. The van der Waals surface area contributed by atoms with E-state index in [-0.39, 0.29) is 12.1 Å². The van der Waals surface area contributed by atoms with Crippen LogP contribution in [0.5, 0.6) is 11.5 Å². The van der Waals surface area contributed by atoms with Gasteiger partial charge in [0.05, 0.1) is 14.2 Å². The molecule has 2 N–H and O–H groups in total. The third kappa shape index (κ3) is 4.21. The van der Waals surface area contributed by atoms with E-state index in [1.165, 1.54) is 13.0 Å². The normalized spacial score (nSPS) is 13.4. The number of methoxy groups -OCH3 is 2. The lowest BCUT2D eigenvalue weighted by Gasteiger charge is -2.25. The van der Waals surface area contributed by atoms with Crippen LogP contribution in [0.1, 0.15) is 18.1 Å². The summed E-state index contributed by atoms with van der Waals surface area (Å²) < 4.78 is 37.2. The van der Waals surface area contributed by atoms with E-state index in [1.54, 1.807) is 20.3 Å². The van der Waals surface area contributed by atoms with Crippen LogP contribution in [0.3, 0.4) is 0 Å². The Balaban J connectivity index is 2.02. The van der Waals surface area contributed by atoms with Crippen molar-refractivity contribution in [2.75, 3.05) is 20.8 Å². The maximum absolute atomic E-state index is 13.8. The lowest BCUT2D eigenvalue weighted by atomic mass is 9.95. The van der Waals surface area contributed by atoms with Gasteiger partial charge in [-0.15, -0.1) is 0 Å². The molecule has 2 aromatic carbocycles. The van der Waals surface area contributed by atoms with Gasteiger partial charge >= 0.3 is 0 Å². The van der Waals surface area contributed by atoms with Crippen molar-refractivity contribution in [1.82, 2.24) is 5.32 Å². The predicted octanol–water partition coefficient (Wildman–Crippen LogP) is 2.98. The molecule has 0 fully saturated rings. The van der Waals surface area contributed by atoms with Crippen molar-refractivity contribution >= 4 is 0 Å². The van der Waals surface area contributed by atoms with E-state index in [2.05, 4.69) is 5.32 Å². The maximum atomic E-state index is 13.8. The molecule has 130 valence electrons. The summed E-state index contributed by atoms with van der Waals surface area (Å²) in [6, 6.07) is 8.61. The first-order chi connectivity index (χ1) is 11.4. The summed E-state index contributed by atoms with van der Waals surface area (Å²) in [7, 11) is 3.11. The highest BCUT2D eigenvalue weighted by molar-refractivity contribution is 5.42. The molecule has 6 heteroatoms. The van der Waals surface area contributed by atoms with Crippen LogP contribution in [0.4, 0.5) is 8.78 Å². The SMILES string of the molecule is COc1ccc(CNCC(C)(O)c2ccc(F)cc2F)cc1OC. The van der Waals surface area contributed by atoms with Crippen LogP contribution in [0.15, 0.2) is 36.4 Å². The largest absolute Gasteiger partial charge is 0.493 e. The second-order valence-electron chi connectivity index (χ2n) is 5.69. The zero-order valence-corrected chi connectivity index (χ0v) is 13.9. The molecule has 0 radical (unpaired) electrons. The van der Waals surface area contributed by atoms with Gasteiger partial charge in [0.25, 0.3) is 0 Å². The van der Waals surface area contributed by atoms with Crippen LogP contribution < -0.4 is 14.8 Å². The zero-order chi connectivity index (χ0) is 17.7. The molecule has 0 saturated heterocycles. The summed E-state index contributed by atoms with van der Waals surface area (Å²) in [6.07, 6.45) is 0. The first kappa shape index (κ1) is 18.2. The van der Waals surface area contributed by atoms with Gasteiger partial charge in [-0.3, -0.25) is 0 Å². The fourth-order valence-corrected chi connectivity index (χ4v) is 2.46. The molecule has 0 aromatic heterocycles. The summed E-state index contributed by atoms with van der Waals surface area (Å²) in [4.78, 5) is 0. The molecule has 0 saturated carbocycles. The maximum Gasteiger partial charge on any atom is 0.161 e. The summed E-state index contributed by atoms with van der Waals surface area (Å²) >= 11 is 0. The quantitative estimate of drug-likeness (QED) is 0.816. The van der Waals surface area contributed by atoms with Crippen LogP contribution in [-0.2, 0) is 12.1 Å². The molecule has 0 amide bonds. The molecule has 0 spiro atoms. The summed E-state index contributed by atoms with van der Waals surface area (Å²) in [6.45, 7) is 2.02. The number of rotatable bonds is 7. The highest BCUT2D eigenvalue weighted by Crippen LogP contribution is 2.28. The van der Waals surface area contributed by atoms with Gasteiger partial charge in [-0.2, -0.15) is 0 Å². The van der Waals surface area contributed by atoms with Crippen molar-refractivity contribution in [3.8, 4) is 11.5 Å². The first-order valence-corrected chi connectivity index (χ1v) is 7.47. The van der Waals surface area contributed by atoms with Crippen molar-refractivity contribution in [2.24, 2.45) is 0 Å². The number of halogens is 2. The number of hydrogen-bond donors (Lipinski definition) is 2. The van der Waals surface area contributed by atoms with Gasteiger partial charge in [0.15, 0.2) is 11.5 Å². The van der Waals surface area contributed by atoms with Crippen molar-refractivity contribution in [1.29, 1.82) is 0 Å². The molecular weight excluding hydrogens is 316 g/mol. The van der Waals surface area contributed by atoms with Crippen molar-refractivity contribution in [3.63, 3.8) is 0 Å². The van der Waals surface area contributed by atoms with Gasteiger partial charge in [-0.25, -0.2) is 8.78 Å². The average Bonchev–Trinajstić information content (AvgIpc) is 2.54. The molecule has 0 heterocycles. The minimum absolute atomic E-state index is 0.0451. The number of ether oxygens (including phenoxy) is 2. The third-order valence-electron chi connectivity index (χ3n) is 3.76. The summed E-state index contributed by atoms with van der Waals surface area (Å²) in [5.41, 5.74) is -0.499. The van der Waals surface area contributed by atoms with Gasteiger partial charge in [0.2, 0.25) is 0 Å². The Kier molecular flexibility index (Phi) is 5.75. The van der Waals surface area contributed by atoms with Gasteiger partial charge in [-0.1, -0.05) is 12.1 Å². The molecule has 1 unspecified atom stereocenters. The van der Waals surface area contributed by atoms with E-state index in [1.807, 2.05) is 12.1 Å². The van der Waals surface area contributed by atoms with E-state index >= 15 is 0 Å². The molecule has 24 heavy (non-hydrogen) atoms. The van der Waals surface area contributed by atoms with Crippen molar-refractivity contribution in [3.05, 3.63) is 59.2 Å². The van der Waals surface area contributed by atoms with Crippen LogP contribution in [0, 0.1) is 11.6 Å². The lowest BCUT2D eigenvalue weighted by molar-refractivity contribution is 0.0528. The van der Waals surface area contributed by atoms with Gasteiger partial charge in [0, 0.05) is 24.7 Å². The van der Waals surface area contributed by atoms with Crippen molar-refractivity contribution in [2.45, 2.75) is 19.1 Å². The van der Waals surface area contributed by atoms with Gasteiger partial charge in [-0.05, 0) is 30.7 Å². The zero-order valence-electron chi connectivity index (χ0n) is 13.9. The molecule has 2 rings (SSSR count). The second kappa shape index (κ2) is 7.59. The van der Waals surface area contributed by atoms with Gasteiger partial charge < -0.3 is 19.9 Å². The lowest BCUT2D eigenvalue weighted by Crippen LogP contribution is -2.36. The molecule has 0 aliphatic heterocycles. The first-order valence-electron chi connectivity index (χ1n) is 7.47. The molecular formula is C18H21F2NO3.